The molecule has 2 heterocycles. The third-order valence-electron chi connectivity index (χ3n) is 2.22. The van der Waals surface area contributed by atoms with Crippen molar-refractivity contribution >= 4 is 29.5 Å². The summed E-state index contributed by atoms with van der Waals surface area (Å²) < 4.78 is 6.50. The van der Waals surface area contributed by atoms with Crippen molar-refractivity contribution in [2.45, 2.75) is 6.92 Å². The predicted molar refractivity (Wildman–Crippen MR) is 71.9 cm³/mol. The van der Waals surface area contributed by atoms with Gasteiger partial charge in [0.1, 0.15) is 5.01 Å². The fourth-order valence-electron chi connectivity index (χ4n) is 1.41. The van der Waals surface area contributed by atoms with Crippen LogP contribution in [0.4, 0.5) is 0 Å². The molecule has 0 saturated carbocycles. The second-order valence-electron chi connectivity index (χ2n) is 3.67. The van der Waals surface area contributed by atoms with Crippen LogP contribution >= 0.6 is 11.3 Å². The molecule has 0 spiro atoms. The first-order chi connectivity index (χ1) is 9.10. The molecule has 0 amide bonds. The number of carbonyl (C=O) groups excluding carboxylic acids is 1. The minimum absolute atomic E-state index is 0.113. The Bertz CT molecular complexity index is 616. The van der Waals surface area contributed by atoms with E-state index in [1.54, 1.807) is 23.8 Å². The molecule has 1 N–H and O–H groups in total. The maximum atomic E-state index is 11.5. The van der Waals surface area contributed by atoms with Crippen LogP contribution in [0.15, 0.2) is 12.3 Å². The van der Waals surface area contributed by atoms with E-state index in [1.807, 2.05) is 19.3 Å². The Labute approximate surface area is 114 Å². The molecular weight excluding hydrogens is 266 g/mol. The summed E-state index contributed by atoms with van der Waals surface area (Å²) >= 11 is 1.08. The topological polar surface area (TPSA) is 77.2 Å². The molecule has 6 nitrogen and oxygen atoms in total. The van der Waals surface area contributed by atoms with Crippen molar-refractivity contribution in [3.05, 3.63) is 27.8 Å². The summed E-state index contributed by atoms with van der Waals surface area (Å²) in [5.74, 6) is -0.862. The van der Waals surface area contributed by atoms with Crippen LogP contribution in [0, 0.1) is 0 Å². The lowest BCUT2D eigenvalue weighted by molar-refractivity contribution is 0.0528. The average Bonchev–Trinajstić information content (AvgIpc) is 2.93. The molecule has 0 radical (unpaired) electrons. The molecule has 19 heavy (non-hydrogen) atoms. The van der Waals surface area contributed by atoms with Crippen LogP contribution in [0.25, 0.3) is 12.2 Å². The number of aromatic hydroxyl groups is 1. The molecule has 0 aliphatic carbocycles. The Morgan fingerprint density at radius 2 is 2.37 bits per heavy atom. The van der Waals surface area contributed by atoms with Crippen molar-refractivity contribution < 1.29 is 14.6 Å². The van der Waals surface area contributed by atoms with Gasteiger partial charge in [-0.3, -0.25) is 4.68 Å². The predicted octanol–water partition coefficient (Wildman–Crippen LogP) is 1.93. The fraction of sp³-hybridized carbons (Fsp3) is 0.250. The molecule has 2 aromatic rings. The third-order valence-corrected chi connectivity index (χ3v) is 3.21. The molecule has 0 atom stereocenters. The van der Waals surface area contributed by atoms with Gasteiger partial charge in [0.2, 0.25) is 5.88 Å². The number of nitrogens with zero attached hydrogens (tertiary/aromatic N) is 3. The smallest absolute Gasteiger partial charge is 0.353 e. The maximum absolute atomic E-state index is 11.5. The van der Waals surface area contributed by atoms with Gasteiger partial charge in [-0.1, -0.05) is 0 Å². The number of esters is 1. The SMILES string of the molecule is CCOC(=O)c1sc(C=Cc2ccn(C)n2)nc1O. The normalized spacial score (nSPS) is 11.1. The summed E-state index contributed by atoms with van der Waals surface area (Å²) in [5.41, 5.74) is 0.773. The van der Waals surface area contributed by atoms with Gasteiger partial charge >= 0.3 is 5.97 Å². The van der Waals surface area contributed by atoms with Crippen molar-refractivity contribution in [2.24, 2.45) is 7.05 Å². The van der Waals surface area contributed by atoms with Crippen molar-refractivity contribution in [1.29, 1.82) is 0 Å². The first-order valence-corrected chi connectivity index (χ1v) is 6.46. The minimum Gasteiger partial charge on any atom is -0.492 e. The van der Waals surface area contributed by atoms with Gasteiger partial charge in [-0.05, 0) is 25.1 Å². The van der Waals surface area contributed by atoms with Gasteiger partial charge in [0.05, 0.1) is 12.3 Å². The van der Waals surface area contributed by atoms with Crippen molar-refractivity contribution in [1.82, 2.24) is 14.8 Å². The summed E-state index contributed by atoms with van der Waals surface area (Å²) in [5, 5.41) is 14.3. The highest BCUT2D eigenvalue weighted by atomic mass is 32.1. The van der Waals surface area contributed by atoms with Gasteiger partial charge in [0.15, 0.2) is 4.88 Å². The van der Waals surface area contributed by atoms with Crippen molar-refractivity contribution in [2.75, 3.05) is 6.61 Å². The molecule has 2 aromatic heterocycles. The van der Waals surface area contributed by atoms with Crippen LogP contribution in [0.5, 0.6) is 5.88 Å². The van der Waals surface area contributed by atoms with E-state index in [9.17, 15) is 9.90 Å². The average molecular weight is 279 g/mol. The second kappa shape index (κ2) is 5.66. The Balaban J connectivity index is 2.16. The number of aryl methyl sites for hydroxylation is 1. The zero-order valence-corrected chi connectivity index (χ0v) is 11.3. The van der Waals surface area contributed by atoms with Gasteiger partial charge in [-0.2, -0.15) is 5.10 Å². The molecule has 0 aromatic carbocycles. The van der Waals surface area contributed by atoms with Crippen molar-refractivity contribution in [3.8, 4) is 5.88 Å². The van der Waals surface area contributed by atoms with E-state index in [4.69, 9.17) is 4.74 Å². The molecule has 0 unspecified atom stereocenters. The largest absolute Gasteiger partial charge is 0.492 e. The maximum Gasteiger partial charge on any atom is 0.353 e. The zero-order valence-electron chi connectivity index (χ0n) is 10.5. The molecular formula is C12H13N3O3S. The molecule has 2 rings (SSSR count). The third kappa shape index (κ3) is 3.19. The lowest BCUT2D eigenvalue weighted by Gasteiger charge is -1.96. The molecule has 0 aliphatic heterocycles. The summed E-state index contributed by atoms with van der Waals surface area (Å²) in [6.45, 7) is 1.97. The standard InChI is InChI=1S/C12H13N3O3S/c1-3-18-12(17)10-11(16)13-9(19-10)5-4-8-6-7-15(2)14-8/h4-7,16H,3H2,1-2H3. The highest BCUT2D eigenvalue weighted by Crippen LogP contribution is 2.26. The van der Waals surface area contributed by atoms with Crippen LogP contribution in [0.3, 0.4) is 0 Å². The second-order valence-corrected chi connectivity index (χ2v) is 4.70. The molecule has 0 bridgehead atoms. The molecule has 0 saturated heterocycles. The first kappa shape index (κ1) is 13.3. The van der Waals surface area contributed by atoms with Crippen LogP contribution in [-0.2, 0) is 11.8 Å². The minimum atomic E-state index is -0.560. The number of ether oxygens (including phenoxy) is 1. The highest BCUT2D eigenvalue weighted by Gasteiger charge is 2.17. The molecule has 0 fully saturated rings. The Morgan fingerprint density at radius 1 is 1.58 bits per heavy atom. The van der Waals surface area contributed by atoms with Crippen LogP contribution in [-0.4, -0.2) is 32.4 Å². The van der Waals surface area contributed by atoms with Crippen LogP contribution in [0.2, 0.25) is 0 Å². The van der Waals surface area contributed by atoms with Gasteiger partial charge in [-0.15, -0.1) is 11.3 Å². The first-order valence-electron chi connectivity index (χ1n) is 5.64. The van der Waals surface area contributed by atoms with Crippen molar-refractivity contribution in [3.63, 3.8) is 0 Å². The fourth-order valence-corrected chi connectivity index (χ4v) is 2.16. The van der Waals surface area contributed by atoms with Gasteiger partial charge in [-0.25, -0.2) is 9.78 Å². The molecule has 0 aliphatic rings. The lowest BCUT2D eigenvalue weighted by Crippen LogP contribution is -2.02. The number of rotatable bonds is 4. The van der Waals surface area contributed by atoms with Gasteiger partial charge in [0.25, 0.3) is 0 Å². The molecule has 7 heteroatoms. The number of aromatic nitrogens is 3. The summed E-state index contributed by atoms with van der Waals surface area (Å²) in [7, 11) is 1.82. The van der Waals surface area contributed by atoms with E-state index in [1.165, 1.54) is 0 Å². The number of carbonyl (C=O) groups is 1. The lowest BCUT2D eigenvalue weighted by atomic mass is 10.4. The monoisotopic (exact) mass is 279 g/mol. The Kier molecular flexibility index (Phi) is 3.96. The summed E-state index contributed by atoms with van der Waals surface area (Å²) in [6.07, 6.45) is 5.27. The number of hydrogen-bond acceptors (Lipinski definition) is 6. The zero-order chi connectivity index (χ0) is 13.8. The van der Waals surface area contributed by atoms with Gasteiger partial charge in [0, 0.05) is 13.2 Å². The Hall–Kier alpha value is -2.15. The highest BCUT2D eigenvalue weighted by molar-refractivity contribution is 7.14. The number of hydrogen-bond donors (Lipinski definition) is 1. The van der Waals surface area contributed by atoms with E-state index in [2.05, 4.69) is 10.1 Å². The van der Waals surface area contributed by atoms with Gasteiger partial charge < -0.3 is 9.84 Å². The number of thiazole rings is 1. The quantitative estimate of drug-likeness (QED) is 0.865. The van der Waals surface area contributed by atoms with Crippen LogP contribution < -0.4 is 0 Å². The van der Waals surface area contributed by atoms with E-state index in [-0.39, 0.29) is 17.4 Å². The van der Waals surface area contributed by atoms with Crippen LogP contribution in [0.1, 0.15) is 27.3 Å². The Morgan fingerprint density at radius 3 is 3.00 bits per heavy atom. The summed E-state index contributed by atoms with van der Waals surface area (Å²) in [6, 6.07) is 1.84. The van der Waals surface area contributed by atoms with E-state index < -0.39 is 5.97 Å². The van der Waals surface area contributed by atoms with E-state index in [0.717, 1.165) is 17.0 Å². The van der Waals surface area contributed by atoms with E-state index in [0.29, 0.717) is 5.01 Å². The molecule has 100 valence electrons. The summed E-state index contributed by atoms with van der Waals surface area (Å²) in [4.78, 5) is 15.5. The van der Waals surface area contributed by atoms with E-state index >= 15 is 0 Å².